The Balaban J connectivity index is 1.33. The van der Waals surface area contributed by atoms with E-state index in [0.29, 0.717) is 24.4 Å². The van der Waals surface area contributed by atoms with Gasteiger partial charge < -0.3 is 19.0 Å². The summed E-state index contributed by atoms with van der Waals surface area (Å²) in [6.45, 7) is 2.76. The molecule has 1 amide bonds. The molecular weight excluding hydrogens is 346 g/mol. The number of benzene rings is 1. The molecule has 138 valence electrons. The molecule has 0 radical (unpaired) electrons. The van der Waals surface area contributed by atoms with Gasteiger partial charge in [-0.3, -0.25) is 9.78 Å². The number of rotatable bonds is 4. The van der Waals surface area contributed by atoms with Crippen molar-refractivity contribution in [3.63, 3.8) is 0 Å². The molecule has 0 N–H and O–H groups in total. The topological polar surface area (TPSA) is 75.9 Å². The van der Waals surface area contributed by atoms with Crippen LogP contribution in [-0.2, 0) is 4.79 Å². The molecule has 0 aliphatic carbocycles. The van der Waals surface area contributed by atoms with Crippen molar-refractivity contribution < 1.29 is 13.9 Å². The SMILES string of the molecule is O=C(COc1ccc2ccc(=O)oc2c1)N1CCN(c2cccnc2)CC1. The van der Waals surface area contributed by atoms with Crippen molar-refractivity contribution in [3.05, 3.63) is 65.3 Å². The van der Waals surface area contributed by atoms with Gasteiger partial charge in [0, 0.05) is 49.9 Å². The third-order valence-corrected chi connectivity index (χ3v) is 4.60. The van der Waals surface area contributed by atoms with E-state index in [1.807, 2.05) is 18.3 Å². The van der Waals surface area contributed by atoms with Crippen molar-refractivity contribution in [2.24, 2.45) is 0 Å². The van der Waals surface area contributed by atoms with Gasteiger partial charge in [-0.15, -0.1) is 0 Å². The molecule has 1 saturated heterocycles. The number of anilines is 1. The molecule has 0 saturated carbocycles. The van der Waals surface area contributed by atoms with Crippen LogP contribution < -0.4 is 15.3 Å². The van der Waals surface area contributed by atoms with E-state index >= 15 is 0 Å². The molecule has 0 spiro atoms. The molecular formula is C20H19N3O4. The van der Waals surface area contributed by atoms with Crippen molar-refractivity contribution in [3.8, 4) is 5.75 Å². The first-order chi connectivity index (χ1) is 13.2. The fourth-order valence-corrected chi connectivity index (χ4v) is 3.12. The number of carbonyl (C=O) groups is 1. The fraction of sp³-hybridized carbons (Fsp3) is 0.250. The summed E-state index contributed by atoms with van der Waals surface area (Å²) in [7, 11) is 0. The lowest BCUT2D eigenvalue weighted by molar-refractivity contribution is -0.133. The van der Waals surface area contributed by atoms with Crippen LogP contribution in [0.3, 0.4) is 0 Å². The quantitative estimate of drug-likeness (QED) is 0.658. The minimum atomic E-state index is -0.415. The first-order valence-electron chi connectivity index (χ1n) is 8.78. The summed E-state index contributed by atoms with van der Waals surface area (Å²) in [5, 5.41) is 0.805. The number of hydrogen-bond acceptors (Lipinski definition) is 6. The van der Waals surface area contributed by atoms with Crippen molar-refractivity contribution in [2.75, 3.05) is 37.7 Å². The van der Waals surface area contributed by atoms with Gasteiger partial charge >= 0.3 is 5.63 Å². The summed E-state index contributed by atoms with van der Waals surface area (Å²) in [5.74, 6) is 0.439. The van der Waals surface area contributed by atoms with Gasteiger partial charge in [-0.25, -0.2) is 4.79 Å². The smallest absolute Gasteiger partial charge is 0.336 e. The Morgan fingerprint density at radius 3 is 2.70 bits per heavy atom. The second-order valence-corrected chi connectivity index (χ2v) is 6.32. The maximum absolute atomic E-state index is 12.4. The molecule has 1 aromatic carbocycles. The van der Waals surface area contributed by atoms with E-state index in [0.717, 1.165) is 24.2 Å². The van der Waals surface area contributed by atoms with Crippen LogP contribution in [0, 0.1) is 0 Å². The Bertz CT molecular complexity index is 995. The molecule has 0 unspecified atom stereocenters. The fourth-order valence-electron chi connectivity index (χ4n) is 3.12. The van der Waals surface area contributed by atoms with E-state index in [-0.39, 0.29) is 12.5 Å². The van der Waals surface area contributed by atoms with Gasteiger partial charge in [-0.1, -0.05) is 0 Å². The predicted molar refractivity (Wildman–Crippen MR) is 101 cm³/mol. The third-order valence-electron chi connectivity index (χ3n) is 4.60. The van der Waals surface area contributed by atoms with Crippen LogP contribution in [0.1, 0.15) is 0 Å². The Morgan fingerprint density at radius 1 is 1.11 bits per heavy atom. The van der Waals surface area contributed by atoms with E-state index in [1.165, 1.54) is 6.07 Å². The van der Waals surface area contributed by atoms with E-state index < -0.39 is 5.63 Å². The van der Waals surface area contributed by atoms with Crippen LogP contribution in [0.15, 0.2) is 64.1 Å². The van der Waals surface area contributed by atoms with Gasteiger partial charge in [-0.05, 0) is 30.3 Å². The van der Waals surface area contributed by atoms with Gasteiger partial charge in [0.25, 0.3) is 5.91 Å². The molecule has 4 rings (SSSR count). The van der Waals surface area contributed by atoms with E-state index in [2.05, 4.69) is 9.88 Å². The number of carbonyl (C=O) groups excluding carboxylic acids is 1. The standard InChI is InChI=1S/C20H19N3O4/c24-19(23-10-8-22(9-11-23)16-2-1-7-21-13-16)14-26-17-5-3-15-4-6-20(25)27-18(15)12-17/h1-7,12-13H,8-11,14H2. The van der Waals surface area contributed by atoms with Crippen molar-refractivity contribution in [1.29, 1.82) is 0 Å². The Kier molecular flexibility index (Phi) is 4.74. The van der Waals surface area contributed by atoms with Crippen LogP contribution in [0.25, 0.3) is 11.0 Å². The maximum Gasteiger partial charge on any atom is 0.336 e. The summed E-state index contributed by atoms with van der Waals surface area (Å²) in [6, 6.07) is 12.2. The highest BCUT2D eigenvalue weighted by atomic mass is 16.5. The van der Waals surface area contributed by atoms with Crippen LogP contribution in [0.2, 0.25) is 0 Å². The molecule has 3 aromatic rings. The molecule has 1 aliphatic heterocycles. The summed E-state index contributed by atoms with van der Waals surface area (Å²) in [4.78, 5) is 31.9. The summed E-state index contributed by atoms with van der Waals surface area (Å²) >= 11 is 0. The lowest BCUT2D eigenvalue weighted by atomic mass is 10.2. The van der Waals surface area contributed by atoms with E-state index in [9.17, 15) is 9.59 Å². The Morgan fingerprint density at radius 2 is 1.93 bits per heavy atom. The molecule has 0 atom stereocenters. The average molecular weight is 365 g/mol. The normalized spacial score (nSPS) is 14.4. The number of pyridine rings is 1. The number of piperazine rings is 1. The molecule has 0 bridgehead atoms. The highest BCUT2D eigenvalue weighted by Crippen LogP contribution is 2.20. The molecule has 3 heterocycles. The number of amides is 1. The second-order valence-electron chi connectivity index (χ2n) is 6.32. The third kappa shape index (κ3) is 3.92. The molecule has 1 fully saturated rings. The Hall–Kier alpha value is -3.35. The predicted octanol–water partition coefficient (Wildman–Crippen LogP) is 1.92. The van der Waals surface area contributed by atoms with Gasteiger partial charge in [0.1, 0.15) is 11.3 Å². The minimum Gasteiger partial charge on any atom is -0.484 e. The minimum absolute atomic E-state index is 0.0462. The van der Waals surface area contributed by atoms with Gasteiger partial charge in [0.15, 0.2) is 6.61 Å². The van der Waals surface area contributed by atoms with E-state index in [4.69, 9.17) is 9.15 Å². The second kappa shape index (κ2) is 7.49. The lowest BCUT2D eigenvalue weighted by Crippen LogP contribution is -2.50. The average Bonchev–Trinajstić information content (AvgIpc) is 2.72. The number of fused-ring (bicyclic) bond motifs is 1. The number of aromatic nitrogens is 1. The summed E-state index contributed by atoms with van der Waals surface area (Å²) < 4.78 is 10.7. The van der Waals surface area contributed by atoms with Crippen molar-refractivity contribution in [2.45, 2.75) is 0 Å². The number of ether oxygens (including phenoxy) is 1. The van der Waals surface area contributed by atoms with Gasteiger partial charge in [-0.2, -0.15) is 0 Å². The Labute approximate surface area is 155 Å². The number of nitrogens with zero attached hydrogens (tertiary/aromatic N) is 3. The summed E-state index contributed by atoms with van der Waals surface area (Å²) in [5.41, 5.74) is 1.10. The van der Waals surface area contributed by atoms with Gasteiger partial charge in [0.05, 0.1) is 11.9 Å². The van der Waals surface area contributed by atoms with Crippen molar-refractivity contribution >= 4 is 22.6 Å². The highest BCUT2D eigenvalue weighted by Gasteiger charge is 2.21. The monoisotopic (exact) mass is 365 g/mol. The zero-order chi connectivity index (χ0) is 18.6. The largest absolute Gasteiger partial charge is 0.484 e. The zero-order valence-electron chi connectivity index (χ0n) is 14.7. The van der Waals surface area contributed by atoms with Crippen LogP contribution in [-0.4, -0.2) is 48.6 Å². The molecule has 27 heavy (non-hydrogen) atoms. The van der Waals surface area contributed by atoms with Gasteiger partial charge in [0.2, 0.25) is 0 Å². The maximum atomic E-state index is 12.4. The van der Waals surface area contributed by atoms with E-state index in [1.54, 1.807) is 35.4 Å². The first-order valence-corrected chi connectivity index (χ1v) is 8.78. The highest BCUT2D eigenvalue weighted by molar-refractivity contribution is 5.79. The first kappa shape index (κ1) is 17.1. The lowest BCUT2D eigenvalue weighted by Gasteiger charge is -2.35. The molecule has 7 nitrogen and oxygen atoms in total. The van der Waals surface area contributed by atoms with Crippen LogP contribution in [0.4, 0.5) is 5.69 Å². The van der Waals surface area contributed by atoms with Crippen LogP contribution >= 0.6 is 0 Å². The molecule has 1 aliphatic rings. The number of hydrogen-bond donors (Lipinski definition) is 0. The summed E-state index contributed by atoms with van der Waals surface area (Å²) in [6.07, 6.45) is 3.58. The molecule has 2 aromatic heterocycles. The van der Waals surface area contributed by atoms with Crippen LogP contribution in [0.5, 0.6) is 5.75 Å². The van der Waals surface area contributed by atoms with Crippen molar-refractivity contribution in [1.82, 2.24) is 9.88 Å². The zero-order valence-corrected chi connectivity index (χ0v) is 14.7. The molecule has 7 heteroatoms.